The zero-order chi connectivity index (χ0) is 15.5. The first-order valence-corrected chi connectivity index (χ1v) is 7.06. The number of anilines is 1. The summed E-state index contributed by atoms with van der Waals surface area (Å²) in [5.41, 5.74) is 3.12. The first-order chi connectivity index (χ1) is 10.7. The molecule has 0 unspecified atom stereocenters. The number of rotatable bonds is 2. The molecule has 1 N–H and O–H groups in total. The van der Waals surface area contributed by atoms with Gasteiger partial charge in [0.1, 0.15) is 0 Å². The summed E-state index contributed by atoms with van der Waals surface area (Å²) in [5, 5.41) is 4.25. The second-order valence-electron chi connectivity index (χ2n) is 4.70. The zero-order valence-corrected chi connectivity index (χ0v) is 12.6. The van der Waals surface area contributed by atoms with Crippen LogP contribution in [-0.4, -0.2) is 18.2 Å². The highest BCUT2D eigenvalue weighted by Crippen LogP contribution is 2.29. The second kappa shape index (κ2) is 6.03. The van der Waals surface area contributed by atoms with Gasteiger partial charge in [-0.05, 0) is 24.3 Å². The maximum atomic E-state index is 11.5. The SMILES string of the molecule is COC(=O)Nc1cc(-c2ccc(Cl)cc2)nc2ccccc12. The number of nitrogens with one attached hydrogen (secondary N) is 1. The maximum absolute atomic E-state index is 11.5. The number of ether oxygens (including phenoxy) is 1. The Balaban J connectivity index is 2.15. The minimum absolute atomic E-state index is 0.515. The molecule has 0 spiro atoms. The van der Waals surface area contributed by atoms with Crippen LogP contribution < -0.4 is 5.32 Å². The summed E-state index contributed by atoms with van der Waals surface area (Å²) in [4.78, 5) is 16.2. The molecule has 0 aliphatic carbocycles. The van der Waals surface area contributed by atoms with Gasteiger partial charge in [0.25, 0.3) is 0 Å². The first-order valence-electron chi connectivity index (χ1n) is 6.68. The molecule has 0 radical (unpaired) electrons. The van der Waals surface area contributed by atoms with Gasteiger partial charge in [0.05, 0.1) is 24.0 Å². The summed E-state index contributed by atoms with van der Waals surface area (Å²) < 4.78 is 4.68. The molecule has 0 bridgehead atoms. The molecular formula is C17H13ClN2O2. The van der Waals surface area contributed by atoms with Crippen LogP contribution in [0.1, 0.15) is 0 Å². The molecule has 22 heavy (non-hydrogen) atoms. The molecule has 1 heterocycles. The van der Waals surface area contributed by atoms with E-state index in [2.05, 4.69) is 15.0 Å². The summed E-state index contributed by atoms with van der Waals surface area (Å²) in [6.07, 6.45) is -0.515. The zero-order valence-electron chi connectivity index (χ0n) is 11.8. The van der Waals surface area contributed by atoms with Gasteiger partial charge >= 0.3 is 6.09 Å². The Kier molecular flexibility index (Phi) is 3.94. The Labute approximate surface area is 132 Å². The van der Waals surface area contributed by atoms with Gasteiger partial charge in [-0.2, -0.15) is 0 Å². The fourth-order valence-electron chi connectivity index (χ4n) is 2.21. The Bertz CT molecular complexity index is 832. The van der Waals surface area contributed by atoms with Gasteiger partial charge in [-0.25, -0.2) is 9.78 Å². The smallest absolute Gasteiger partial charge is 0.411 e. The molecule has 5 heteroatoms. The summed E-state index contributed by atoms with van der Waals surface area (Å²) in [6.45, 7) is 0. The molecule has 0 aliphatic rings. The van der Waals surface area contributed by atoms with E-state index in [0.717, 1.165) is 22.2 Å². The number of aromatic nitrogens is 1. The van der Waals surface area contributed by atoms with Crippen LogP contribution in [0.4, 0.5) is 10.5 Å². The number of fused-ring (bicyclic) bond motifs is 1. The molecule has 3 rings (SSSR count). The minimum atomic E-state index is -0.515. The fraction of sp³-hybridized carbons (Fsp3) is 0.0588. The average Bonchev–Trinajstić information content (AvgIpc) is 2.55. The van der Waals surface area contributed by atoms with Crippen molar-refractivity contribution in [3.05, 3.63) is 59.6 Å². The number of hydrogen-bond acceptors (Lipinski definition) is 3. The van der Waals surface area contributed by atoms with Crippen molar-refractivity contribution < 1.29 is 9.53 Å². The third kappa shape index (κ3) is 2.87. The van der Waals surface area contributed by atoms with Gasteiger partial charge in [0.2, 0.25) is 0 Å². The van der Waals surface area contributed by atoms with Crippen LogP contribution in [0.15, 0.2) is 54.6 Å². The Morgan fingerprint density at radius 1 is 1.14 bits per heavy atom. The monoisotopic (exact) mass is 312 g/mol. The highest BCUT2D eigenvalue weighted by Gasteiger charge is 2.10. The fourth-order valence-corrected chi connectivity index (χ4v) is 2.33. The molecular weight excluding hydrogens is 300 g/mol. The number of methoxy groups -OCH3 is 1. The standard InChI is InChI=1S/C17H13ClN2O2/c1-22-17(21)20-16-10-15(11-6-8-12(18)9-7-11)19-14-5-3-2-4-13(14)16/h2-10H,1H3,(H,19,20,21). The lowest BCUT2D eigenvalue weighted by Crippen LogP contribution is -2.11. The topological polar surface area (TPSA) is 51.2 Å². The molecule has 1 aromatic heterocycles. The van der Waals surface area contributed by atoms with Crippen LogP contribution >= 0.6 is 11.6 Å². The molecule has 110 valence electrons. The van der Waals surface area contributed by atoms with E-state index >= 15 is 0 Å². The van der Waals surface area contributed by atoms with Crippen molar-refractivity contribution in [2.24, 2.45) is 0 Å². The summed E-state index contributed by atoms with van der Waals surface area (Å²) in [7, 11) is 1.33. The Morgan fingerprint density at radius 3 is 2.59 bits per heavy atom. The molecule has 4 nitrogen and oxygen atoms in total. The number of benzene rings is 2. The molecule has 0 saturated heterocycles. The first kappa shape index (κ1) is 14.4. The van der Waals surface area contributed by atoms with Crippen molar-refractivity contribution in [2.75, 3.05) is 12.4 Å². The highest BCUT2D eigenvalue weighted by atomic mass is 35.5. The Hall–Kier alpha value is -2.59. The highest BCUT2D eigenvalue weighted by molar-refractivity contribution is 6.30. The number of pyridine rings is 1. The third-order valence-corrected chi connectivity index (χ3v) is 3.53. The number of para-hydroxylation sites is 1. The van der Waals surface area contributed by atoms with Crippen LogP contribution in [0.25, 0.3) is 22.2 Å². The predicted molar refractivity (Wildman–Crippen MR) is 88.2 cm³/mol. The number of carbonyl (C=O) groups excluding carboxylic acids is 1. The lowest BCUT2D eigenvalue weighted by Gasteiger charge is -2.10. The maximum Gasteiger partial charge on any atom is 0.411 e. The lowest BCUT2D eigenvalue weighted by molar-refractivity contribution is 0.187. The number of nitrogens with zero attached hydrogens (tertiary/aromatic N) is 1. The van der Waals surface area contributed by atoms with E-state index < -0.39 is 6.09 Å². The molecule has 0 atom stereocenters. The van der Waals surface area contributed by atoms with E-state index in [-0.39, 0.29) is 0 Å². The van der Waals surface area contributed by atoms with Crippen LogP contribution in [-0.2, 0) is 4.74 Å². The van der Waals surface area contributed by atoms with Gasteiger partial charge < -0.3 is 4.74 Å². The van der Waals surface area contributed by atoms with E-state index in [1.807, 2.05) is 42.5 Å². The number of halogens is 1. The van der Waals surface area contributed by atoms with Crippen LogP contribution in [0.2, 0.25) is 5.02 Å². The van der Waals surface area contributed by atoms with E-state index in [9.17, 15) is 4.79 Å². The molecule has 0 saturated carbocycles. The largest absolute Gasteiger partial charge is 0.453 e. The number of amides is 1. The third-order valence-electron chi connectivity index (χ3n) is 3.28. The van der Waals surface area contributed by atoms with Gasteiger partial charge in [-0.1, -0.05) is 41.9 Å². The Morgan fingerprint density at radius 2 is 1.86 bits per heavy atom. The summed E-state index contributed by atoms with van der Waals surface area (Å²) >= 11 is 5.92. The summed E-state index contributed by atoms with van der Waals surface area (Å²) in [6, 6.07) is 16.8. The van der Waals surface area contributed by atoms with Gasteiger partial charge in [-0.15, -0.1) is 0 Å². The number of hydrogen-bond donors (Lipinski definition) is 1. The van der Waals surface area contributed by atoms with Crippen LogP contribution in [0, 0.1) is 0 Å². The van der Waals surface area contributed by atoms with Crippen molar-refractivity contribution in [2.45, 2.75) is 0 Å². The van der Waals surface area contributed by atoms with Gasteiger partial charge in [0, 0.05) is 16.0 Å². The normalized spacial score (nSPS) is 10.5. The molecule has 0 fully saturated rings. The van der Waals surface area contributed by atoms with Crippen molar-refractivity contribution in [3.8, 4) is 11.3 Å². The van der Waals surface area contributed by atoms with Crippen molar-refractivity contribution >= 4 is 34.3 Å². The molecule has 1 amide bonds. The average molecular weight is 313 g/mol. The molecule has 3 aromatic rings. The molecule has 0 aliphatic heterocycles. The minimum Gasteiger partial charge on any atom is -0.453 e. The van der Waals surface area contributed by atoms with E-state index in [0.29, 0.717) is 10.7 Å². The van der Waals surface area contributed by atoms with E-state index in [1.165, 1.54) is 7.11 Å². The lowest BCUT2D eigenvalue weighted by atomic mass is 10.1. The predicted octanol–water partition coefficient (Wildman–Crippen LogP) is 4.73. The van der Waals surface area contributed by atoms with Crippen molar-refractivity contribution in [3.63, 3.8) is 0 Å². The summed E-state index contributed by atoms with van der Waals surface area (Å²) in [5.74, 6) is 0. The van der Waals surface area contributed by atoms with Crippen molar-refractivity contribution in [1.29, 1.82) is 0 Å². The molecule has 2 aromatic carbocycles. The second-order valence-corrected chi connectivity index (χ2v) is 5.13. The van der Waals surface area contributed by atoms with Gasteiger partial charge in [-0.3, -0.25) is 5.32 Å². The number of carbonyl (C=O) groups is 1. The van der Waals surface area contributed by atoms with Crippen molar-refractivity contribution in [1.82, 2.24) is 4.98 Å². The van der Waals surface area contributed by atoms with E-state index in [4.69, 9.17) is 11.6 Å². The van der Waals surface area contributed by atoms with E-state index in [1.54, 1.807) is 12.1 Å². The van der Waals surface area contributed by atoms with Crippen LogP contribution in [0.3, 0.4) is 0 Å². The van der Waals surface area contributed by atoms with Gasteiger partial charge in [0.15, 0.2) is 0 Å². The van der Waals surface area contributed by atoms with Crippen LogP contribution in [0.5, 0.6) is 0 Å². The quantitative estimate of drug-likeness (QED) is 0.744.